The first-order valence-electron chi connectivity index (χ1n) is 9.94. The maximum absolute atomic E-state index is 6.57. The lowest BCUT2D eigenvalue weighted by molar-refractivity contribution is 0.742. The summed E-state index contributed by atoms with van der Waals surface area (Å²) in [7, 11) is 0. The second-order valence-corrected chi connectivity index (χ2v) is 9.90. The molecule has 0 saturated heterocycles. The van der Waals surface area contributed by atoms with Crippen molar-refractivity contribution in [3.8, 4) is 0 Å². The van der Waals surface area contributed by atoms with Crippen LogP contribution in [0.1, 0.15) is 43.2 Å². The van der Waals surface area contributed by atoms with E-state index in [2.05, 4.69) is 92.1 Å². The number of benzene rings is 1. The second kappa shape index (κ2) is 7.84. The molecule has 2 heteroatoms. The van der Waals surface area contributed by atoms with Crippen LogP contribution in [0, 0.1) is 22.3 Å². The van der Waals surface area contributed by atoms with Gasteiger partial charge in [0, 0.05) is 14.5 Å². The van der Waals surface area contributed by atoms with E-state index < -0.39 is 0 Å². The molecule has 1 aromatic rings. The lowest BCUT2D eigenvalue weighted by Crippen LogP contribution is -2.10. The van der Waals surface area contributed by atoms with Crippen molar-refractivity contribution in [2.75, 3.05) is 0 Å². The SMILES string of the molecule is C=C1CC=CC2CC=C(/C(C)=C/C(=C)C3CC3c3c(Cl)cc(C)cc3I)C=C12. The molecular weight excluding hydrogens is 475 g/mol. The molecule has 28 heavy (non-hydrogen) atoms. The molecule has 0 aliphatic heterocycles. The summed E-state index contributed by atoms with van der Waals surface area (Å²) in [4.78, 5) is 0. The first-order chi connectivity index (χ1) is 13.3. The van der Waals surface area contributed by atoms with E-state index in [4.69, 9.17) is 11.6 Å². The molecule has 3 atom stereocenters. The molecule has 4 rings (SSSR count). The van der Waals surface area contributed by atoms with Crippen molar-refractivity contribution in [3.63, 3.8) is 0 Å². The Labute approximate surface area is 187 Å². The highest BCUT2D eigenvalue weighted by Gasteiger charge is 2.41. The maximum Gasteiger partial charge on any atom is 0.0454 e. The fourth-order valence-electron chi connectivity index (χ4n) is 4.49. The maximum atomic E-state index is 6.57. The summed E-state index contributed by atoms with van der Waals surface area (Å²) in [6.07, 6.45) is 14.7. The Balaban J connectivity index is 1.50. The van der Waals surface area contributed by atoms with Gasteiger partial charge < -0.3 is 0 Å². The quantitative estimate of drug-likeness (QED) is 0.222. The summed E-state index contributed by atoms with van der Waals surface area (Å²) >= 11 is 8.99. The van der Waals surface area contributed by atoms with E-state index in [1.807, 2.05) is 0 Å². The van der Waals surface area contributed by atoms with Crippen LogP contribution >= 0.6 is 34.2 Å². The lowest BCUT2D eigenvalue weighted by atomic mass is 9.79. The smallest absolute Gasteiger partial charge is 0.0454 e. The molecule has 0 aromatic heterocycles. The van der Waals surface area contributed by atoms with Crippen molar-refractivity contribution in [3.05, 3.63) is 103 Å². The Morgan fingerprint density at radius 1 is 1.32 bits per heavy atom. The minimum absolute atomic E-state index is 0.501. The zero-order chi connectivity index (χ0) is 20.0. The van der Waals surface area contributed by atoms with E-state index in [-0.39, 0.29) is 0 Å². The first-order valence-corrected chi connectivity index (χ1v) is 11.4. The lowest BCUT2D eigenvalue weighted by Gasteiger charge is -2.26. The van der Waals surface area contributed by atoms with Crippen LogP contribution in [0.3, 0.4) is 0 Å². The third-order valence-corrected chi connectivity index (χ3v) is 7.37. The summed E-state index contributed by atoms with van der Waals surface area (Å²) in [5, 5.41) is 0.903. The number of fused-ring (bicyclic) bond motifs is 1. The highest BCUT2D eigenvalue weighted by atomic mass is 127. The molecule has 1 fully saturated rings. The van der Waals surface area contributed by atoms with Gasteiger partial charge in [0.25, 0.3) is 0 Å². The van der Waals surface area contributed by atoms with Crippen LogP contribution in [0.5, 0.6) is 0 Å². The van der Waals surface area contributed by atoms with Crippen LogP contribution in [-0.2, 0) is 0 Å². The molecule has 0 amide bonds. The summed E-state index contributed by atoms with van der Waals surface area (Å²) < 4.78 is 1.28. The van der Waals surface area contributed by atoms with E-state index >= 15 is 0 Å². The van der Waals surface area contributed by atoms with E-state index in [9.17, 15) is 0 Å². The van der Waals surface area contributed by atoms with Crippen LogP contribution in [0.25, 0.3) is 0 Å². The summed E-state index contributed by atoms with van der Waals surface area (Å²) in [5.74, 6) is 1.52. The Hall–Kier alpha value is -1.32. The number of rotatable bonds is 4. The molecular formula is C26H26ClI. The minimum Gasteiger partial charge on any atom is -0.0955 e. The number of allylic oxidation sites excluding steroid dienone is 10. The zero-order valence-electron chi connectivity index (χ0n) is 16.6. The molecule has 0 radical (unpaired) electrons. The van der Waals surface area contributed by atoms with Gasteiger partial charge in [-0.3, -0.25) is 0 Å². The van der Waals surface area contributed by atoms with Crippen LogP contribution in [0.4, 0.5) is 0 Å². The molecule has 0 heterocycles. The Morgan fingerprint density at radius 3 is 2.86 bits per heavy atom. The van der Waals surface area contributed by atoms with Gasteiger partial charge in [-0.15, -0.1) is 0 Å². The first kappa shape index (κ1) is 20.0. The van der Waals surface area contributed by atoms with Crippen LogP contribution < -0.4 is 0 Å². The van der Waals surface area contributed by atoms with Crippen molar-refractivity contribution in [1.29, 1.82) is 0 Å². The van der Waals surface area contributed by atoms with Gasteiger partial charge in [-0.25, -0.2) is 0 Å². The van der Waals surface area contributed by atoms with Crippen LogP contribution in [0.15, 0.2) is 83.5 Å². The molecule has 1 aromatic carbocycles. The van der Waals surface area contributed by atoms with Gasteiger partial charge in [-0.1, -0.05) is 60.7 Å². The van der Waals surface area contributed by atoms with Crippen molar-refractivity contribution < 1.29 is 0 Å². The summed E-state index contributed by atoms with van der Waals surface area (Å²) in [6.45, 7) is 13.0. The second-order valence-electron chi connectivity index (χ2n) is 8.33. The normalized spacial score (nSPS) is 26.5. The fourth-order valence-corrected chi connectivity index (χ4v) is 6.24. The van der Waals surface area contributed by atoms with Gasteiger partial charge in [-0.05, 0) is 113 Å². The zero-order valence-corrected chi connectivity index (χ0v) is 19.5. The van der Waals surface area contributed by atoms with E-state index in [1.165, 1.54) is 42.6 Å². The number of hydrogen-bond acceptors (Lipinski definition) is 0. The number of halogens is 2. The highest BCUT2D eigenvalue weighted by Crippen LogP contribution is 2.55. The molecule has 0 N–H and O–H groups in total. The molecule has 144 valence electrons. The number of aryl methyl sites for hydroxylation is 1. The van der Waals surface area contributed by atoms with Crippen LogP contribution in [-0.4, -0.2) is 0 Å². The third-order valence-electron chi connectivity index (χ3n) is 6.16. The third kappa shape index (κ3) is 3.89. The van der Waals surface area contributed by atoms with E-state index in [0.29, 0.717) is 17.8 Å². The standard InChI is InChI=1S/C26H26ClI/c1-15-10-24(27)26(25(28)11-15)23-14-22(23)18(4)12-17(3)20-9-8-19-7-5-6-16(2)21(19)13-20/h5,7,9-13,19,22-23H,2,4,6,8,14H2,1,3H3/b17-12+. The van der Waals surface area contributed by atoms with Gasteiger partial charge in [-0.2, -0.15) is 0 Å². The predicted molar refractivity (Wildman–Crippen MR) is 130 cm³/mol. The van der Waals surface area contributed by atoms with Gasteiger partial charge >= 0.3 is 0 Å². The summed E-state index contributed by atoms with van der Waals surface area (Å²) in [5.41, 5.74) is 9.03. The van der Waals surface area contributed by atoms with Gasteiger partial charge in [0.05, 0.1) is 0 Å². The predicted octanol–water partition coefficient (Wildman–Crippen LogP) is 8.25. The van der Waals surface area contributed by atoms with Gasteiger partial charge in [0.2, 0.25) is 0 Å². The van der Waals surface area contributed by atoms with Crippen molar-refractivity contribution in [2.24, 2.45) is 11.8 Å². The Kier molecular flexibility index (Phi) is 5.59. The van der Waals surface area contributed by atoms with Crippen molar-refractivity contribution >= 4 is 34.2 Å². The molecule has 0 spiro atoms. The Bertz CT molecular complexity index is 963. The fraction of sp³-hybridized carbons (Fsp3) is 0.308. The van der Waals surface area contributed by atoms with E-state index in [1.54, 1.807) is 0 Å². The summed E-state index contributed by atoms with van der Waals surface area (Å²) in [6, 6.07) is 4.31. The average Bonchev–Trinajstić information content (AvgIpc) is 3.41. The highest BCUT2D eigenvalue weighted by molar-refractivity contribution is 14.1. The number of hydrogen-bond donors (Lipinski definition) is 0. The molecule has 0 bridgehead atoms. The van der Waals surface area contributed by atoms with Crippen molar-refractivity contribution in [1.82, 2.24) is 0 Å². The average molecular weight is 501 g/mol. The van der Waals surface area contributed by atoms with Crippen molar-refractivity contribution in [2.45, 2.75) is 39.0 Å². The molecule has 3 aliphatic rings. The molecule has 1 saturated carbocycles. The van der Waals surface area contributed by atoms with Gasteiger partial charge in [0.1, 0.15) is 0 Å². The Morgan fingerprint density at radius 2 is 2.11 bits per heavy atom. The molecule has 3 unspecified atom stereocenters. The van der Waals surface area contributed by atoms with Gasteiger partial charge in [0.15, 0.2) is 0 Å². The van der Waals surface area contributed by atoms with Crippen LogP contribution in [0.2, 0.25) is 5.02 Å². The molecule has 0 nitrogen and oxygen atoms in total. The monoisotopic (exact) mass is 500 g/mol. The largest absolute Gasteiger partial charge is 0.0955 e. The molecule has 3 aliphatic carbocycles. The topological polar surface area (TPSA) is 0 Å². The van der Waals surface area contributed by atoms with E-state index in [0.717, 1.165) is 24.3 Å². The minimum atomic E-state index is 0.501.